The number of fused-ring (bicyclic) bond motifs is 1. The molecule has 0 aromatic heterocycles. The first-order chi connectivity index (χ1) is 10.9. The Morgan fingerprint density at radius 3 is 2.65 bits per heavy atom. The SMILES string of the molecule is CC(C)(C)OC(=O)N1CCCCC(NC2CCN3CCCC23)C1. The van der Waals surface area contributed by atoms with Crippen molar-refractivity contribution in [2.75, 3.05) is 26.2 Å². The third-order valence-corrected chi connectivity index (χ3v) is 5.38. The highest BCUT2D eigenvalue weighted by molar-refractivity contribution is 5.68. The minimum Gasteiger partial charge on any atom is -0.444 e. The molecule has 3 fully saturated rings. The van der Waals surface area contributed by atoms with E-state index in [1.165, 1.54) is 45.2 Å². The first kappa shape index (κ1) is 17.0. The summed E-state index contributed by atoms with van der Waals surface area (Å²) in [5.74, 6) is 0. The van der Waals surface area contributed by atoms with Gasteiger partial charge in [0, 0.05) is 37.8 Å². The molecule has 5 nitrogen and oxygen atoms in total. The molecule has 0 aliphatic carbocycles. The van der Waals surface area contributed by atoms with Crippen molar-refractivity contribution in [1.82, 2.24) is 15.1 Å². The van der Waals surface area contributed by atoms with Gasteiger partial charge in [0.05, 0.1) is 0 Å². The first-order valence-electron chi connectivity index (χ1n) is 9.40. The molecule has 3 aliphatic heterocycles. The van der Waals surface area contributed by atoms with E-state index in [9.17, 15) is 4.79 Å². The average Bonchev–Trinajstić information content (AvgIpc) is 2.97. The molecule has 0 bridgehead atoms. The van der Waals surface area contributed by atoms with Gasteiger partial charge in [-0.1, -0.05) is 6.42 Å². The summed E-state index contributed by atoms with van der Waals surface area (Å²) in [5, 5.41) is 3.89. The Morgan fingerprint density at radius 2 is 1.87 bits per heavy atom. The number of carbonyl (C=O) groups excluding carboxylic acids is 1. The summed E-state index contributed by atoms with van der Waals surface area (Å²) in [6, 6.07) is 1.75. The second-order valence-electron chi connectivity index (χ2n) is 8.43. The Labute approximate surface area is 140 Å². The number of ether oxygens (including phenoxy) is 1. The van der Waals surface area contributed by atoms with Gasteiger partial charge in [-0.3, -0.25) is 4.90 Å². The minimum atomic E-state index is -0.415. The van der Waals surface area contributed by atoms with Gasteiger partial charge in [-0.05, 0) is 59.4 Å². The van der Waals surface area contributed by atoms with Crippen LogP contribution < -0.4 is 5.32 Å². The van der Waals surface area contributed by atoms with Crippen LogP contribution in [0.1, 0.15) is 59.3 Å². The molecule has 3 unspecified atom stereocenters. The zero-order chi connectivity index (χ0) is 16.4. The maximum atomic E-state index is 12.4. The number of rotatable bonds is 2. The fourth-order valence-corrected chi connectivity index (χ4v) is 4.35. The number of amides is 1. The smallest absolute Gasteiger partial charge is 0.410 e. The fourth-order valence-electron chi connectivity index (χ4n) is 4.35. The van der Waals surface area contributed by atoms with E-state index in [4.69, 9.17) is 4.74 Å². The summed E-state index contributed by atoms with van der Waals surface area (Å²) in [6.45, 7) is 9.94. The quantitative estimate of drug-likeness (QED) is 0.848. The highest BCUT2D eigenvalue weighted by atomic mass is 16.6. The molecule has 3 heterocycles. The number of nitrogens with zero attached hydrogens (tertiary/aromatic N) is 2. The Kier molecular flexibility index (Phi) is 5.16. The predicted molar refractivity (Wildman–Crippen MR) is 91.6 cm³/mol. The molecule has 3 atom stereocenters. The molecular weight excluding hydrogens is 290 g/mol. The van der Waals surface area contributed by atoms with Crippen molar-refractivity contribution in [3.8, 4) is 0 Å². The summed E-state index contributed by atoms with van der Waals surface area (Å²) in [5.41, 5.74) is -0.415. The van der Waals surface area contributed by atoms with Gasteiger partial charge in [0.15, 0.2) is 0 Å². The molecule has 23 heavy (non-hydrogen) atoms. The summed E-state index contributed by atoms with van der Waals surface area (Å²) < 4.78 is 5.57. The van der Waals surface area contributed by atoms with Crippen LogP contribution in [-0.4, -0.2) is 65.8 Å². The number of carbonyl (C=O) groups is 1. The highest BCUT2D eigenvalue weighted by Crippen LogP contribution is 2.28. The lowest BCUT2D eigenvalue weighted by molar-refractivity contribution is 0.0241. The second-order valence-corrected chi connectivity index (χ2v) is 8.43. The molecule has 3 rings (SSSR count). The topological polar surface area (TPSA) is 44.8 Å². The molecule has 0 aromatic carbocycles. The van der Waals surface area contributed by atoms with Crippen molar-refractivity contribution in [1.29, 1.82) is 0 Å². The molecule has 0 radical (unpaired) electrons. The van der Waals surface area contributed by atoms with Crippen LogP contribution in [0.2, 0.25) is 0 Å². The van der Waals surface area contributed by atoms with E-state index in [0.717, 1.165) is 25.6 Å². The third-order valence-electron chi connectivity index (χ3n) is 5.38. The Bertz CT molecular complexity index is 421. The molecule has 0 saturated carbocycles. The van der Waals surface area contributed by atoms with Crippen LogP contribution >= 0.6 is 0 Å². The molecule has 1 N–H and O–H groups in total. The predicted octanol–water partition coefficient (Wildman–Crippen LogP) is 2.60. The number of likely N-dealkylation sites (tertiary alicyclic amines) is 1. The number of nitrogens with one attached hydrogen (secondary N) is 1. The summed E-state index contributed by atoms with van der Waals surface area (Å²) >= 11 is 0. The number of hydrogen-bond donors (Lipinski definition) is 1. The molecule has 0 spiro atoms. The van der Waals surface area contributed by atoms with E-state index >= 15 is 0 Å². The monoisotopic (exact) mass is 323 g/mol. The van der Waals surface area contributed by atoms with E-state index in [0.29, 0.717) is 12.1 Å². The molecule has 5 heteroatoms. The fraction of sp³-hybridized carbons (Fsp3) is 0.944. The highest BCUT2D eigenvalue weighted by Gasteiger charge is 2.38. The van der Waals surface area contributed by atoms with Crippen molar-refractivity contribution in [2.24, 2.45) is 0 Å². The van der Waals surface area contributed by atoms with Gasteiger partial charge >= 0.3 is 6.09 Å². The molecular formula is C18H33N3O2. The maximum Gasteiger partial charge on any atom is 0.410 e. The molecule has 3 aliphatic rings. The molecule has 3 saturated heterocycles. The summed E-state index contributed by atoms with van der Waals surface area (Å²) in [7, 11) is 0. The van der Waals surface area contributed by atoms with Gasteiger partial charge in [0.25, 0.3) is 0 Å². The van der Waals surface area contributed by atoms with Gasteiger partial charge < -0.3 is 15.0 Å². The summed E-state index contributed by atoms with van der Waals surface area (Å²) in [4.78, 5) is 17.0. The Balaban J connectivity index is 1.56. The van der Waals surface area contributed by atoms with Crippen molar-refractivity contribution in [3.63, 3.8) is 0 Å². The summed E-state index contributed by atoms with van der Waals surface area (Å²) in [6.07, 6.45) is 7.23. The molecule has 1 amide bonds. The largest absolute Gasteiger partial charge is 0.444 e. The van der Waals surface area contributed by atoms with E-state index in [-0.39, 0.29) is 6.09 Å². The zero-order valence-electron chi connectivity index (χ0n) is 15.0. The van der Waals surface area contributed by atoms with Crippen LogP contribution in [0.15, 0.2) is 0 Å². The minimum absolute atomic E-state index is 0.153. The lowest BCUT2D eigenvalue weighted by Gasteiger charge is -2.31. The van der Waals surface area contributed by atoms with Crippen LogP contribution in [0.3, 0.4) is 0 Å². The van der Waals surface area contributed by atoms with E-state index in [1.54, 1.807) is 0 Å². The normalized spacial score (nSPS) is 32.7. The number of hydrogen-bond acceptors (Lipinski definition) is 4. The molecule has 132 valence electrons. The van der Waals surface area contributed by atoms with Gasteiger partial charge in [-0.25, -0.2) is 4.79 Å². The van der Waals surface area contributed by atoms with Gasteiger partial charge in [0.2, 0.25) is 0 Å². The van der Waals surface area contributed by atoms with Crippen LogP contribution in [0.4, 0.5) is 4.79 Å². The van der Waals surface area contributed by atoms with Crippen molar-refractivity contribution in [2.45, 2.75) is 83.0 Å². The lowest BCUT2D eigenvalue weighted by atomic mass is 10.0. The second kappa shape index (κ2) is 6.98. The van der Waals surface area contributed by atoms with Gasteiger partial charge in [-0.2, -0.15) is 0 Å². The Morgan fingerprint density at radius 1 is 1.04 bits per heavy atom. The van der Waals surface area contributed by atoms with E-state index in [1.807, 2.05) is 25.7 Å². The van der Waals surface area contributed by atoms with E-state index < -0.39 is 5.60 Å². The van der Waals surface area contributed by atoms with Crippen LogP contribution in [-0.2, 0) is 4.74 Å². The standard InChI is InChI=1S/C18H33N3O2/c1-18(2,3)23-17(22)21-10-5-4-7-14(13-21)19-15-9-12-20-11-6-8-16(15)20/h14-16,19H,4-13H2,1-3H3. The van der Waals surface area contributed by atoms with Gasteiger partial charge in [-0.15, -0.1) is 0 Å². The van der Waals surface area contributed by atoms with Crippen molar-refractivity contribution >= 4 is 6.09 Å². The van der Waals surface area contributed by atoms with Gasteiger partial charge in [0.1, 0.15) is 5.60 Å². The first-order valence-corrected chi connectivity index (χ1v) is 9.40. The molecule has 0 aromatic rings. The zero-order valence-corrected chi connectivity index (χ0v) is 15.0. The average molecular weight is 323 g/mol. The Hall–Kier alpha value is -0.810. The third kappa shape index (κ3) is 4.38. The van der Waals surface area contributed by atoms with Crippen LogP contribution in [0.25, 0.3) is 0 Å². The lowest BCUT2D eigenvalue weighted by Crippen LogP contribution is -2.50. The van der Waals surface area contributed by atoms with Crippen molar-refractivity contribution < 1.29 is 9.53 Å². The van der Waals surface area contributed by atoms with Crippen molar-refractivity contribution in [3.05, 3.63) is 0 Å². The van der Waals surface area contributed by atoms with Crippen LogP contribution in [0, 0.1) is 0 Å². The van der Waals surface area contributed by atoms with Crippen LogP contribution in [0.5, 0.6) is 0 Å². The maximum absolute atomic E-state index is 12.4. The van der Waals surface area contributed by atoms with E-state index in [2.05, 4.69) is 10.2 Å².